The second-order valence-electron chi connectivity index (χ2n) is 3.71. The van der Waals surface area contributed by atoms with Gasteiger partial charge in [-0.3, -0.25) is 0 Å². The third-order valence-corrected chi connectivity index (χ3v) is 3.68. The maximum absolute atomic E-state index is 8.76. The Kier molecular flexibility index (Phi) is 2.97. The van der Waals surface area contributed by atoms with E-state index in [1.54, 1.807) is 7.11 Å². The maximum atomic E-state index is 8.76. The summed E-state index contributed by atoms with van der Waals surface area (Å²) in [5.74, 6) is 0.831. The van der Waals surface area contributed by atoms with E-state index >= 15 is 0 Å². The number of methoxy groups -OCH3 is 1. The minimum absolute atomic E-state index is 0.412. The van der Waals surface area contributed by atoms with Crippen LogP contribution in [0.3, 0.4) is 0 Å². The molecule has 3 heteroatoms. The summed E-state index contributed by atoms with van der Waals surface area (Å²) >= 11 is 3.58. The van der Waals surface area contributed by atoms with Gasteiger partial charge in [0.15, 0.2) is 0 Å². The summed E-state index contributed by atoms with van der Waals surface area (Å²) < 4.78 is 6.40. The Morgan fingerprint density at radius 1 is 1.53 bits per heavy atom. The topological polar surface area (TPSA) is 33.0 Å². The third-order valence-electron chi connectivity index (χ3n) is 2.84. The molecular weight excluding hydrogens is 254 g/mol. The van der Waals surface area contributed by atoms with E-state index in [2.05, 4.69) is 28.1 Å². The number of ether oxygens (including phenoxy) is 1. The van der Waals surface area contributed by atoms with E-state index < -0.39 is 0 Å². The number of nitriles is 1. The molecule has 0 spiro atoms. The first kappa shape index (κ1) is 10.5. The molecule has 1 aliphatic rings. The molecule has 78 valence electrons. The van der Waals surface area contributed by atoms with Crippen LogP contribution in [0, 0.1) is 11.3 Å². The third kappa shape index (κ3) is 1.74. The highest BCUT2D eigenvalue weighted by Crippen LogP contribution is 2.39. The highest BCUT2D eigenvalue weighted by Gasteiger charge is 2.20. The van der Waals surface area contributed by atoms with Gasteiger partial charge in [-0.05, 0) is 46.3 Å². The summed E-state index contributed by atoms with van der Waals surface area (Å²) in [6, 6.07) is 4.30. The van der Waals surface area contributed by atoms with Gasteiger partial charge in [0.05, 0.1) is 24.1 Å². The van der Waals surface area contributed by atoms with Gasteiger partial charge in [-0.25, -0.2) is 0 Å². The van der Waals surface area contributed by atoms with Crippen LogP contribution in [-0.2, 0) is 19.3 Å². The van der Waals surface area contributed by atoms with Crippen molar-refractivity contribution in [3.05, 3.63) is 27.2 Å². The molecule has 0 unspecified atom stereocenters. The van der Waals surface area contributed by atoms with E-state index in [1.165, 1.54) is 17.5 Å². The maximum Gasteiger partial charge on any atom is 0.137 e. The highest BCUT2D eigenvalue weighted by atomic mass is 79.9. The molecule has 0 N–H and O–H groups in total. The summed E-state index contributed by atoms with van der Waals surface area (Å²) in [6.07, 6.45) is 3.84. The first-order chi connectivity index (χ1) is 7.27. The lowest BCUT2D eigenvalue weighted by Crippen LogP contribution is -1.97. The van der Waals surface area contributed by atoms with Crippen LogP contribution < -0.4 is 4.74 Å². The largest absolute Gasteiger partial charge is 0.495 e. The van der Waals surface area contributed by atoms with Crippen LogP contribution in [0.4, 0.5) is 0 Å². The first-order valence-corrected chi connectivity index (χ1v) is 5.81. The van der Waals surface area contributed by atoms with Crippen LogP contribution in [0.2, 0.25) is 0 Å². The van der Waals surface area contributed by atoms with Crippen molar-refractivity contribution in [1.82, 2.24) is 0 Å². The van der Waals surface area contributed by atoms with Crippen LogP contribution >= 0.6 is 15.9 Å². The van der Waals surface area contributed by atoms with Gasteiger partial charge in [0.2, 0.25) is 0 Å². The van der Waals surface area contributed by atoms with E-state index in [4.69, 9.17) is 10.00 Å². The molecule has 1 aliphatic carbocycles. The van der Waals surface area contributed by atoms with E-state index in [0.29, 0.717) is 6.42 Å². The number of hydrogen-bond acceptors (Lipinski definition) is 2. The van der Waals surface area contributed by atoms with E-state index in [9.17, 15) is 0 Å². The van der Waals surface area contributed by atoms with Gasteiger partial charge >= 0.3 is 0 Å². The Bertz CT molecular complexity index is 434. The summed E-state index contributed by atoms with van der Waals surface area (Å²) in [4.78, 5) is 0. The monoisotopic (exact) mass is 265 g/mol. The molecule has 15 heavy (non-hydrogen) atoms. The zero-order chi connectivity index (χ0) is 10.8. The van der Waals surface area contributed by atoms with E-state index in [0.717, 1.165) is 28.6 Å². The molecule has 1 aromatic carbocycles. The minimum Gasteiger partial charge on any atom is -0.495 e. The second-order valence-corrected chi connectivity index (χ2v) is 4.50. The molecule has 0 saturated heterocycles. The number of rotatable bonds is 2. The SMILES string of the molecule is COc1c(CC#N)cc2c(c1Br)CCC2. The lowest BCUT2D eigenvalue weighted by Gasteiger charge is -2.12. The van der Waals surface area contributed by atoms with Gasteiger partial charge in [0, 0.05) is 5.56 Å². The molecule has 0 saturated carbocycles. The van der Waals surface area contributed by atoms with Crippen molar-refractivity contribution in [2.45, 2.75) is 25.7 Å². The molecule has 0 aliphatic heterocycles. The lowest BCUT2D eigenvalue weighted by atomic mass is 10.0. The fourth-order valence-corrected chi connectivity index (χ4v) is 3.04. The van der Waals surface area contributed by atoms with Gasteiger partial charge in [-0.15, -0.1) is 0 Å². The average Bonchev–Trinajstić information content (AvgIpc) is 2.67. The minimum atomic E-state index is 0.412. The Morgan fingerprint density at radius 2 is 2.33 bits per heavy atom. The van der Waals surface area contributed by atoms with E-state index in [1.807, 2.05) is 0 Å². The van der Waals surface area contributed by atoms with Crippen molar-refractivity contribution in [3.8, 4) is 11.8 Å². The summed E-state index contributed by atoms with van der Waals surface area (Å²) in [6.45, 7) is 0. The van der Waals surface area contributed by atoms with Crippen molar-refractivity contribution in [3.63, 3.8) is 0 Å². The van der Waals surface area contributed by atoms with Crippen LogP contribution in [0.25, 0.3) is 0 Å². The lowest BCUT2D eigenvalue weighted by molar-refractivity contribution is 0.407. The number of aryl methyl sites for hydroxylation is 1. The molecular formula is C12H12BrNO. The van der Waals surface area contributed by atoms with Gasteiger partial charge < -0.3 is 4.74 Å². The Balaban J connectivity index is 2.57. The van der Waals surface area contributed by atoms with Gasteiger partial charge in [0.1, 0.15) is 5.75 Å². The summed E-state index contributed by atoms with van der Waals surface area (Å²) in [7, 11) is 1.66. The molecule has 1 aromatic rings. The van der Waals surface area contributed by atoms with Crippen LogP contribution in [-0.4, -0.2) is 7.11 Å². The number of halogens is 1. The van der Waals surface area contributed by atoms with Crippen molar-refractivity contribution < 1.29 is 4.74 Å². The standard InChI is InChI=1S/C12H12BrNO/c1-15-12-9(5-6-14)7-8-3-2-4-10(8)11(12)13/h7H,2-5H2,1H3. The first-order valence-electron chi connectivity index (χ1n) is 5.02. The highest BCUT2D eigenvalue weighted by molar-refractivity contribution is 9.10. The van der Waals surface area contributed by atoms with E-state index in [-0.39, 0.29) is 0 Å². The average molecular weight is 266 g/mol. The number of benzene rings is 1. The molecule has 0 fully saturated rings. The molecule has 0 amide bonds. The zero-order valence-corrected chi connectivity index (χ0v) is 10.2. The molecule has 0 bridgehead atoms. The predicted octanol–water partition coefficient (Wildman–Crippen LogP) is 3.01. The molecule has 0 atom stereocenters. The van der Waals surface area contributed by atoms with Crippen LogP contribution in [0.5, 0.6) is 5.75 Å². The van der Waals surface area contributed by atoms with Crippen molar-refractivity contribution in [2.75, 3.05) is 7.11 Å². The predicted molar refractivity (Wildman–Crippen MR) is 62.0 cm³/mol. The van der Waals surface area contributed by atoms with Crippen LogP contribution in [0.15, 0.2) is 10.5 Å². The fraction of sp³-hybridized carbons (Fsp3) is 0.417. The van der Waals surface area contributed by atoms with Gasteiger partial charge in [-0.1, -0.05) is 6.07 Å². The van der Waals surface area contributed by atoms with Crippen molar-refractivity contribution in [1.29, 1.82) is 5.26 Å². The number of fused-ring (bicyclic) bond motifs is 1. The molecule has 0 heterocycles. The molecule has 2 nitrogen and oxygen atoms in total. The Morgan fingerprint density at radius 3 is 3.00 bits per heavy atom. The van der Waals surface area contributed by atoms with Crippen molar-refractivity contribution in [2.24, 2.45) is 0 Å². The normalized spacial score (nSPS) is 13.4. The quantitative estimate of drug-likeness (QED) is 0.824. The second kappa shape index (κ2) is 4.24. The summed E-state index contributed by atoms with van der Waals surface area (Å²) in [5.41, 5.74) is 3.72. The van der Waals surface area contributed by atoms with Gasteiger partial charge in [0.25, 0.3) is 0 Å². The van der Waals surface area contributed by atoms with Crippen LogP contribution in [0.1, 0.15) is 23.1 Å². The van der Waals surface area contributed by atoms with Crippen molar-refractivity contribution >= 4 is 15.9 Å². The fourth-order valence-electron chi connectivity index (χ4n) is 2.17. The van der Waals surface area contributed by atoms with Gasteiger partial charge in [-0.2, -0.15) is 5.26 Å². The molecule has 0 aromatic heterocycles. The smallest absolute Gasteiger partial charge is 0.137 e. The Labute approximate surface area is 98.0 Å². The number of nitrogens with zero attached hydrogens (tertiary/aromatic N) is 1. The molecule has 2 rings (SSSR count). The number of hydrogen-bond donors (Lipinski definition) is 0. The summed E-state index contributed by atoms with van der Waals surface area (Å²) in [5, 5.41) is 8.76. The Hall–Kier alpha value is -1.01. The molecule has 0 radical (unpaired) electrons. The zero-order valence-electron chi connectivity index (χ0n) is 8.64.